The number of anilines is 1. The van der Waals surface area contributed by atoms with Gasteiger partial charge in [0.15, 0.2) is 15.3 Å². The highest BCUT2D eigenvalue weighted by Gasteiger charge is 2.34. The smallest absolute Gasteiger partial charge is 0.345 e. The maximum absolute atomic E-state index is 13.4. The predicted octanol–water partition coefficient (Wildman–Crippen LogP) is 5.22. The number of nitrogens with zero attached hydrogens (tertiary/aromatic N) is 5. The molecule has 0 radical (unpaired) electrons. The van der Waals surface area contributed by atoms with E-state index < -0.39 is 23.2 Å². The van der Waals surface area contributed by atoms with Gasteiger partial charge >= 0.3 is 6.18 Å². The molecule has 2 aromatic heterocycles. The van der Waals surface area contributed by atoms with Crippen molar-refractivity contribution in [3.63, 3.8) is 0 Å². The van der Waals surface area contributed by atoms with Gasteiger partial charge in [0.2, 0.25) is 11.0 Å². The minimum atomic E-state index is -4.68. The number of rotatable bonds is 10. The number of aromatic nitrogens is 5. The van der Waals surface area contributed by atoms with Gasteiger partial charge in [-0.3, -0.25) is 19.5 Å². The van der Waals surface area contributed by atoms with E-state index in [1.165, 1.54) is 35.2 Å². The van der Waals surface area contributed by atoms with Gasteiger partial charge in [0.25, 0.3) is 5.91 Å². The second-order valence-corrected chi connectivity index (χ2v) is 11.4. The first-order valence-electron chi connectivity index (χ1n) is 11.5. The predicted molar refractivity (Wildman–Crippen MR) is 144 cm³/mol. The molecule has 0 saturated carbocycles. The number of alkyl halides is 3. The Balaban J connectivity index is 1.51. The van der Waals surface area contributed by atoms with Crippen molar-refractivity contribution in [1.82, 2.24) is 30.3 Å². The fourth-order valence-corrected chi connectivity index (χ4v) is 5.88. The third-order valence-corrected chi connectivity index (χ3v) is 7.88. The number of aryl methyl sites for hydroxylation is 1. The number of carbonyl (C=O) groups excluding carboxylic acids is 2. The summed E-state index contributed by atoms with van der Waals surface area (Å²) >= 11 is 3.92. The summed E-state index contributed by atoms with van der Waals surface area (Å²) in [7, 11) is 0. The fourth-order valence-electron chi connectivity index (χ4n) is 3.45. The molecule has 9 nitrogen and oxygen atoms in total. The van der Waals surface area contributed by atoms with Crippen LogP contribution < -0.4 is 10.6 Å². The minimum Gasteiger partial charge on any atom is -0.345 e. The first kappa shape index (κ1) is 28.6. The van der Waals surface area contributed by atoms with E-state index in [0.717, 1.165) is 39.6 Å². The summed E-state index contributed by atoms with van der Waals surface area (Å²) in [5.74, 6) is -0.100. The van der Waals surface area contributed by atoms with Crippen molar-refractivity contribution in [2.24, 2.45) is 0 Å². The van der Waals surface area contributed by atoms with Crippen molar-refractivity contribution in [3.05, 3.63) is 71.0 Å². The lowest BCUT2D eigenvalue weighted by atomic mass is 10.1. The molecule has 4 aromatic rings. The maximum Gasteiger partial charge on any atom is 0.417 e. The van der Waals surface area contributed by atoms with Crippen LogP contribution in [0.25, 0.3) is 5.69 Å². The quantitative estimate of drug-likeness (QED) is 0.190. The number of hydrogen-bond acceptors (Lipinski definition) is 9. The lowest BCUT2D eigenvalue weighted by molar-refractivity contribution is -0.138. The van der Waals surface area contributed by atoms with Gasteiger partial charge < -0.3 is 5.32 Å². The first-order chi connectivity index (χ1) is 18.7. The largest absolute Gasteiger partial charge is 0.417 e. The van der Waals surface area contributed by atoms with Crippen LogP contribution in [0.15, 0.2) is 58.0 Å². The second kappa shape index (κ2) is 12.6. The van der Waals surface area contributed by atoms with Crippen LogP contribution in [0, 0.1) is 6.92 Å². The second-order valence-electron chi connectivity index (χ2n) is 7.94. The Morgan fingerprint density at radius 3 is 2.56 bits per heavy atom. The zero-order valence-electron chi connectivity index (χ0n) is 20.7. The van der Waals surface area contributed by atoms with Gasteiger partial charge in [-0.15, -0.1) is 20.4 Å². The Labute approximate surface area is 234 Å². The third-order valence-electron chi connectivity index (χ3n) is 5.10. The third kappa shape index (κ3) is 7.36. The highest BCUT2D eigenvalue weighted by atomic mass is 32.2. The molecular formula is C24H22F3N7O2S3. The molecule has 0 unspecified atom stereocenters. The Kier molecular flexibility index (Phi) is 9.24. The van der Waals surface area contributed by atoms with E-state index in [1.807, 2.05) is 32.0 Å². The number of halogens is 3. The van der Waals surface area contributed by atoms with Crippen molar-refractivity contribution in [2.75, 3.05) is 16.8 Å². The average molecular weight is 594 g/mol. The van der Waals surface area contributed by atoms with Crippen LogP contribution in [0.3, 0.4) is 0 Å². The lowest BCUT2D eigenvalue weighted by Crippen LogP contribution is -2.27. The molecule has 0 spiro atoms. The van der Waals surface area contributed by atoms with E-state index in [-0.39, 0.29) is 24.0 Å². The molecule has 0 bridgehead atoms. The van der Waals surface area contributed by atoms with Gasteiger partial charge in [0.05, 0.1) is 23.4 Å². The Morgan fingerprint density at radius 1 is 1.03 bits per heavy atom. The molecule has 2 aromatic carbocycles. The van der Waals surface area contributed by atoms with Crippen LogP contribution in [0.4, 0.5) is 18.3 Å². The number of benzene rings is 2. The standard InChI is InChI=1S/C24H22F3N7O2S3/c1-3-37-23-33-31-21(39-23)29-19(35)13-38-22-32-30-18(34(22)15-8-6-7-14(2)11-15)12-28-20(36)16-9-4-5-10-17(16)24(25,26)27/h4-11H,3,12-13H2,1-2H3,(H,28,36)(H,29,31,35). The number of hydrogen-bond donors (Lipinski definition) is 2. The minimum absolute atomic E-state index is 0.00883. The number of carbonyl (C=O) groups is 2. The molecule has 204 valence electrons. The van der Waals surface area contributed by atoms with Gasteiger partial charge in [-0.25, -0.2) is 0 Å². The van der Waals surface area contributed by atoms with Crippen LogP contribution in [-0.4, -0.2) is 48.3 Å². The normalized spacial score (nSPS) is 11.4. The van der Waals surface area contributed by atoms with E-state index in [1.54, 1.807) is 10.6 Å². The first-order valence-corrected chi connectivity index (χ1v) is 14.3. The topological polar surface area (TPSA) is 115 Å². The summed E-state index contributed by atoms with van der Waals surface area (Å²) in [6.07, 6.45) is -4.68. The van der Waals surface area contributed by atoms with E-state index in [4.69, 9.17) is 0 Å². The van der Waals surface area contributed by atoms with E-state index in [2.05, 4.69) is 31.0 Å². The van der Waals surface area contributed by atoms with Gasteiger partial charge in [-0.05, 0) is 42.5 Å². The van der Waals surface area contributed by atoms with Crippen LogP contribution >= 0.6 is 34.9 Å². The lowest BCUT2D eigenvalue weighted by Gasteiger charge is -2.14. The summed E-state index contributed by atoms with van der Waals surface area (Å²) < 4.78 is 42.5. The number of nitrogens with one attached hydrogen (secondary N) is 2. The van der Waals surface area contributed by atoms with Crippen molar-refractivity contribution in [1.29, 1.82) is 0 Å². The molecule has 0 aliphatic heterocycles. The molecule has 0 atom stereocenters. The average Bonchev–Trinajstić information content (AvgIpc) is 3.52. The van der Waals surface area contributed by atoms with Gasteiger partial charge in [0, 0.05) is 5.69 Å². The molecule has 0 aliphatic carbocycles. The summed E-state index contributed by atoms with van der Waals surface area (Å²) in [4.78, 5) is 25.2. The molecule has 2 N–H and O–H groups in total. The van der Waals surface area contributed by atoms with Gasteiger partial charge in [-0.1, -0.05) is 66.0 Å². The van der Waals surface area contributed by atoms with Crippen molar-refractivity contribution >= 4 is 51.8 Å². The number of amides is 2. The van der Waals surface area contributed by atoms with Crippen molar-refractivity contribution in [2.45, 2.75) is 36.1 Å². The molecule has 0 saturated heterocycles. The molecule has 15 heteroatoms. The van der Waals surface area contributed by atoms with Crippen LogP contribution in [0.1, 0.15) is 34.2 Å². The highest BCUT2D eigenvalue weighted by molar-refractivity contribution is 8.01. The molecule has 4 rings (SSSR count). The van der Waals surface area contributed by atoms with Crippen LogP contribution in [0.5, 0.6) is 0 Å². The fraction of sp³-hybridized carbons (Fsp3) is 0.250. The van der Waals surface area contributed by atoms with E-state index in [9.17, 15) is 22.8 Å². The van der Waals surface area contributed by atoms with Crippen molar-refractivity contribution < 1.29 is 22.8 Å². The summed E-state index contributed by atoms with van der Waals surface area (Å²) in [6, 6.07) is 12.0. The number of thioether (sulfide) groups is 2. The molecular weight excluding hydrogens is 572 g/mol. The zero-order valence-corrected chi connectivity index (χ0v) is 23.1. The molecule has 39 heavy (non-hydrogen) atoms. The van der Waals surface area contributed by atoms with E-state index >= 15 is 0 Å². The van der Waals surface area contributed by atoms with E-state index in [0.29, 0.717) is 16.0 Å². The zero-order chi connectivity index (χ0) is 28.0. The summed E-state index contributed by atoms with van der Waals surface area (Å²) in [5, 5.41) is 22.3. The van der Waals surface area contributed by atoms with Crippen molar-refractivity contribution in [3.8, 4) is 5.69 Å². The Morgan fingerprint density at radius 2 is 1.82 bits per heavy atom. The monoisotopic (exact) mass is 593 g/mol. The van der Waals surface area contributed by atoms with Gasteiger partial charge in [0.1, 0.15) is 0 Å². The van der Waals surface area contributed by atoms with Gasteiger partial charge in [-0.2, -0.15) is 13.2 Å². The molecule has 2 amide bonds. The Bertz CT molecular complexity index is 1470. The molecule has 0 fully saturated rings. The highest BCUT2D eigenvalue weighted by Crippen LogP contribution is 2.32. The summed E-state index contributed by atoms with van der Waals surface area (Å²) in [6.45, 7) is 3.70. The van der Waals surface area contributed by atoms with Crippen LogP contribution in [0.2, 0.25) is 0 Å². The summed E-state index contributed by atoms with van der Waals surface area (Å²) in [5.41, 5.74) is 0.102. The SMILES string of the molecule is CCSc1nnc(NC(=O)CSc2nnc(CNC(=O)c3ccccc3C(F)(F)F)n2-c2cccc(C)c2)s1. The maximum atomic E-state index is 13.4. The van der Waals surface area contributed by atoms with Crippen LogP contribution in [-0.2, 0) is 17.5 Å². The molecule has 2 heterocycles. The molecule has 0 aliphatic rings. The Hall–Kier alpha value is -3.43.